The Labute approximate surface area is 121 Å². The molecule has 4 nitrogen and oxygen atoms in total. The lowest BCUT2D eigenvalue weighted by molar-refractivity contribution is -0.142. The topological polar surface area (TPSA) is 66.4 Å². The average Bonchev–Trinajstić information content (AvgIpc) is 2.77. The van der Waals surface area contributed by atoms with Crippen molar-refractivity contribution in [2.24, 2.45) is 0 Å². The molecular formula is C13H18ClNO3S. The molecule has 0 aliphatic rings. The second kappa shape index (κ2) is 8.17. The summed E-state index contributed by atoms with van der Waals surface area (Å²) < 4.78 is 0.696. The van der Waals surface area contributed by atoms with E-state index in [-0.39, 0.29) is 12.3 Å². The molecule has 1 atom stereocenters. The third-order valence-corrected chi connectivity index (χ3v) is 4.00. The summed E-state index contributed by atoms with van der Waals surface area (Å²) in [5.41, 5.74) is 0. The third-order valence-electron chi connectivity index (χ3n) is 2.71. The largest absolute Gasteiger partial charge is 0.480 e. The molecule has 0 saturated carbocycles. The fourth-order valence-electron chi connectivity index (χ4n) is 1.65. The number of halogens is 1. The number of carboxylic acids is 1. The quantitative estimate of drug-likeness (QED) is 0.775. The molecule has 0 saturated heterocycles. The van der Waals surface area contributed by atoms with E-state index in [1.54, 1.807) is 6.07 Å². The van der Waals surface area contributed by atoms with Crippen molar-refractivity contribution >= 4 is 34.8 Å². The zero-order valence-electron chi connectivity index (χ0n) is 10.8. The number of hydrogen-bond acceptors (Lipinski definition) is 3. The van der Waals surface area contributed by atoms with E-state index in [2.05, 4.69) is 5.32 Å². The van der Waals surface area contributed by atoms with Crippen molar-refractivity contribution in [3.05, 3.63) is 21.3 Å². The highest BCUT2D eigenvalue weighted by atomic mass is 35.5. The standard InChI is InChI=1S/C13H18ClNO3S/c1-2-3-4-10(13(17)18)15-12(16)8-6-9-5-7-11(14)19-9/h5,7,10H,2-4,6,8H2,1H3,(H,15,16)(H,17,18)/t10-/m0/s1. The molecule has 0 aromatic carbocycles. The number of carbonyl (C=O) groups excluding carboxylic acids is 1. The SMILES string of the molecule is CCCC[C@H](NC(=O)CCc1ccc(Cl)s1)C(=O)O. The summed E-state index contributed by atoms with van der Waals surface area (Å²) in [5.74, 6) is -1.20. The minimum atomic E-state index is -0.971. The smallest absolute Gasteiger partial charge is 0.326 e. The van der Waals surface area contributed by atoms with Crippen LogP contribution in [0.4, 0.5) is 0 Å². The molecule has 0 aliphatic heterocycles. The molecule has 0 spiro atoms. The minimum Gasteiger partial charge on any atom is -0.480 e. The van der Waals surface area contributed by atoms with Gasteiger partial charge in [0.2, 0.25) is 5.91 Å². The van der Waals surface area contributed by atoms with Gasteiger partial charge in [-0.1, -0.05) is 31.4 Å². The van der Waals surface area contributed by atoms with Gasteiger partial charge in [0.15, 0.2) is 0 Å². The fourth-order valence-corrected chi connectivity index (χ4v) is 2.74. The van der Waals surface area contributed by atoms with E-state index in [4.69, 9.17) is 16.7 Å². The number of thiophene rings is 1. The second-order valence-corrected chi connectivity index (χ2v) is 6.11. The maximum absolute atomic E-state index is 11.7. The lowest BCUT2D eigenvalue weighted by atomic mass is 10.1. The molecule has 1 rings (SSSR count). The molecule has 1 aromatic rings. The first-order chi connectivity index (χ1) is 9.02. The van der Waals surface area contributed by atoms with Gasteiger partial charge in [0.25, 0.3) is 0 Å². The van der Waals surface area contributed by atoms with Crippen LogP contribution in [0.5, 0.6) is 0 Å². The van der Waals surface area contributed by atoms with E-state index in [0.717, 1.165) is 17.7 Å². The van der Waals surface area contributed by atoms with Crippen LogP contribution in [0.15, 0.2) is 12.1 Å². The Balaban J connectivity index is 2.37. The number of hydrogen-bond donors (Lipinski definition) is 2. The lowest BCUT2D eigenvalue weighted by Gasteiger charge is -2.13. The number of amides is 1. The van der Waals surface area contributed by atoms with Gasteiger partial charge in [-0.2, -0.15) is 0 Å². The number of carboxylic acid groups (broad SMARTS) is 1. The van der Waals surface area contributed by atoms with Crippen LogP contribution in [0.25, 0.3) is 0 Å². The third kappa shape index (κ3) is 6.07. The van der Waals surface area contributed by atoms with E-state index >= 15 is 0 Å². The number of aryl methyl sites for hydroxylation is 1. The van der Waals surface area contributed by atoms with Crippen molar-refractivity contribution in [2.75, 3.05) is 0 Å². The van der Waals surface area contributed by atoms with Crippen LogP contribution in [0.2, 0.25) is 4.34 Å². The maximum atomic E-state index is 11.7. The number of nitrogens with one attached hydrogen (secondary N) is 1. The van der Waals surface area contributed by atoms with E-state index in [1.165, 1.54) is 11.3 Å². The molecule has 1 amide bonds. The van der Waals surface area contributed by atoms with Gasteiger partial charge in [-0.05, 0) is 25.0 Å². The monoisotopic (exact) mass is 303 g/mol. The Morgan fingerprint density at radius 3 is 2.74 bits per heavy atom. The van der Waals surface area contributed by atoms with Crippen LogP contribution in [0.3, 0.4) is 0 Å². The molecule has 0 aliphatic carbocycles. The first-order valence-corrected chi connectivity index (χ1v) is 7.48. The van der Waals surface area contributed by atoms with Crippen molar-refractivity contribution < 1.29 is 14.7 Å². The molecule has 6 heteroatoms. The van der Waals surface area contributed by atoms with Gasteiger partial charge in [0, 0.05) is 11.3 Å². The summed E-state index contributed by atoms with van der Waals surface area (Å²) in [4.78, 5) is 23.7. The van der Waals surface area contributed by atoms with Gasteiger partial charge in [-0.15, -0.1) is 11.3 Å². The van der Waals surface area contributed by atoms with Crippen LogP contribution in [-0.4, -0.2) is 23.0 Å². The van der Waals surface area contributed by atoms with Gasteiger partial charge in [-0.3, -0.25) is 4.79 Å². The summed E-state index contributed by atoms with van der Waals surface area (Å²) >= 11 is 7.24. The number of aliphatic carboxylic acids is 1. The van der Waals surface area contributed by atoms with Crippen LogP contribution >= 0.6 is 22.9 Å². The van der Waals surface area contributed by atoms with E-state index in [9.17, 15) is 9.59 Å². The molecule has 0 bridgehead atoms. The number of rotatable bonds is 8. The fraction of sp³-hybridized carbons (Fsp3) is 0.538. The molecule has 2 N–H and O–H groups in total. The minimum absolute atomic E-state index is 0.229. The van der Waals surface area contributed by atoms with E-state index in [0.29, 0.717) is 17.2 Å². The van der Waals surface area contributed by atoms with Crippen LogP contribution in [0.1, 0.15) is 37.5 Å². The van der Waals surface area contributed by atoms with Crippen molar-refractivity contribution in [2.45, 2.75) is 45.1 Å². The number of unbranched alkanes of at least 4 members (excludes halogenated alkanes) is 1. The summed E-state index contributed by atoms with van der Waals surface area (Å²) in [6.07, 6.45) is 3.05. The van der Waals surface area contributed by atoms with Crippen LogP contribution < -0.4 is 5.32 Å². The highest BCUT2D eigenvalue weighted by Gasteiger charge is 2.18. The zero-order chi connectivity index (χ0) is 14.3. The molecule has 1 aromatic heterocycles. The Hall–Kier alpha value is -1.07. The lowest BCUT2D eigenvalue weighted by Crippen LogP contribution is -2.40. The molecule has 1 heterocycles. The first kappa shape index (κ1) is 16.0. The molecule has 0 radical (unpaired) electrons. The Bertz CT molecular complexity index is 433. The van der Waals surface area contributed by atoms with Crippen molar-refractivity contribution in [3.63, 3.8) is 0 Å². The van der Waals surface area contributed by atoms with Crippen molar-refractivity contribution in [1.82, 2.24) is 5.32 Å². The second-order valence-electron chi connectivity index (χ2n) is 4.31. The van der Waals surface area contributed by atoms with Gasteiger partial charge in [0.05, 0.1) is 4.34 Å². The van der Waals surface area contributed by atoms with Gasteiger partial charge in [0.1, 0.15) is 6.04 Å². The van der Waals surface area contributed by atoms with Crippen LogP contribution in [0, 0.1) is 0 Å². The molecule has 0 fully saturated rings. The highest BCUT2D eigenvalue weighted by molar-refractivity contribution is 7.16. The first-order valence-electron chi connectivity index (χ1n) is 6.29. The summed E-state index contributed by atoms with van der Waals surface area (Å²) in [7, 11) is 0. The molecular weight excluding hydrogens is 286 g/mol. The van der Waals surface area contributed by atoms with Crippen molar-refractivity contribution in [3.8, 4) is 0 Å². The van der Waals surface area contributed by atoms with E-state index in [1.807, 2.05) is 13.0 Å². The molecule has 106 valence electrons. The Morgan fingerprint density at radius 1 is 1.47 bits per heavy atom. The number of carbonyl (C=O) groups is 2. The predicted molar refractivity (Wildman–Crippen MR) is 76.7 cm³/mol. The summed E-state index contributed by atoms with van der Waals surface area (Å²) in [6, 6.07) is 2.90. The van der Waals surface area contributed by atoms with Gasteiger partial charge in [-0.25, -0.2) is 4.79 Å². The molecule has 19 heavy (non-hydrogen) atoms. The summed E-state index contributed by atoms with van der Waals surface area (Å²) in [5, 5.41) is 11.6. The molecule has 0 unspecified atom stereocenters. The Kier molecular flexibility index (Phi) is 6.87. The average molecular weight is 304 g/mol. The highest BCUT2D eigenvalue weighted by Crippen LogP contribution is 2.22. The predicted octanol–water partition coefficient (Wildman–Crippen LogP) is 3.09. The maximum Gasteiger partial charge on any atom is 0.326 e. The van der Waals surface area contributed by atoms with Gasteiger partial charge < -0.3 is 10.4 Å². The van der Waals surface area contributed by atoms with Crippen molar-refractivity contribution in [1.29, 1.82) is 0 Å². The van der Waals surface area contributed by atoms with Crippen LogP contribution in [-0.2, 0) is 16.0 Å². The van der Waals surface area contributed by atoms with E-state index < -0.39 is 12.0 Å². The Morgan fingerprint density at radius 2 is 2.21 bits per heavy atom. The zero-order valence-corrected chi connectivity index (χ0v) is 12.4. The van der Waals surface area contributed by atoms with Gasteiger partial charge >= 0.3 is 5.97 Å². The normalized spacial score (nSPS) is 12.1. The summed E-state index contributed by atoms with van der Waals surface area (Å²) in [6.45, 7) is 1.99.